The Kier molecular flexibility index (Phi) is 11.3. The molecular formula is C22H30ClIN4O2. The van der Waals surface area contributed by atoms with Crippen molar-refractivity contribution in [1.29, 1.82) is 0 Å². The molecule has 0 aliphatic carbocycles. The third-order valence-electron chi connectivity index (χ3n) is 4.78. The fourth-order valence-electron chi connectivity index (χ4n) is 3.09. The molecule has 1 saturated heterocycles. The third-order valence-corrected chi connectivity index (χ3v) is 5.04. The van der Waals surface area contributed by atoms with Crippen molar-refractivity contribution in [3.63, 3.8) is 0 Å². The quantitative estimate of drug-likeness (QED) is 0.303. The molecule has 30 heavy (non-hydrogen) atoms. The molecule has 1 aliphatic heterocycles. The molecule has 2 aromatic rings. The topological polar surface area (TPSA) is 58.1 Å². The van der Waals surface area contributed by atoms with E-state index in [0.29, 0.717) is 19.7 Å². The van der Waals surface area contributed by atoms with Crippen LogP contribution in [0.3, 0.4) is 0 Å². The molecule has 0 aromatic heterocycles. The Hall–Kier alpha value is -1.55. The van der Waals surface area contributed by atoms with E-state index in [1.165, 1.54) is 0 Å². The lowest BCUT2D eigenvalue weighted by Gasteiger charge is -2.26. The van der Waals surface area contributed by atoms with Crippen molar-refractivity contribution in [3.05, 3.63) is 64.7 Å². The molecule has 164 valence electrons. The molecule has 0 radical (unpaired) electrons. The second kappa shape index (κ2) is 13.7. The Morgan fingerprint density at radius 3 is 2.50 bits per heavy atom. The fourth-order valence-corrected chi connectivity index (χ4v) is 3.21. The average molecular weight is 545 g/mol. The van der Waals surface area contributed by atoms with Crippen LogP contribution >= 0.6 is 35.6 Å². The zero-order valence-corrected chi connectivity index (χ0v) is 20.4. The number of benzene rings is 2. The number of aliphatic imine (C=N–C) groups is 1. The highest BCUT2D eigenvalue weighted by Crippen LogP contribution is 2.17. The summed E-state index contributed by atoms with van der Waals surface area (Å²) in [5, 5.41) is 7.41. The Balaban J connectivity index is 0.00000320. The molecule has 1 fully saturated rings. The van der Waals surface area contributed by atoms with Crippen LogP contribution in [0.25, 0.3) is 0 Å². The zero-order valence-electron chi connectivity index (χ0n) is 17.3. The van der Waals surface area contributed by atoms with Crippen LogP contribution < -0.4 is 15.4 Å². The van der Waals surface area contributed by atoms with Crippen LogP contribution in [0.2, 0.25) is 5.02 Å². The maximum absolute atomic E-state index is 6.05. The first kappa shape index (κ1) is 24.7. The number of guanidine groups is 1. The van der Waals surface area contributed by atoms with Gasteiger partial charge in [-0.3, -0.25) is 9.89 Å². The Labute approximate surface area is 201 Å². The largest absolute Gasteiger partial charge is 0.492 e. The molecule has 3 rings (SSSR count). The van der Waals surface area contributed by atoms with E-state index in [1.54, 1.807) is 7.05 Å². The predicted molar refractivity (Wildman–Crippen MR) is 133 cm³/mol. The standard InChI is InChI=1S/C22H29ClN4O2.HI/c1-24-22(25-16-18-6-8-20(23)9-7-18)26-17-19-4-2-3-5-21(19)29-15-12-27-10-13-28-14-11-27;/h2-9H,10-17H2,1H3,(H2,24,25,26);1H. The monoisotopic (exact) mass is 544 g/mol. The van der Waals surface area contributed by atoms with Gasteiger partial charge in [-0.05, 0) is 23.8 Å². The highest BCUT2D eigenvalue weighted by atomic mass is 127. The van der Waals surface area contributed by atoms with Crippen LogP contribution in [0.4, 0.5) is 0 Å². The first-order valence-electron chi connectivity index (χ1n) is 9.94. The Bertz CT molecular complexity index is 783. The molecule has 2 aromatic carbocycles. The second-order valence-corrected chi connectivity index (χ2v) is 7.25. The van der Waals surface area contributed by atoms with Crippen LogP contribution in [0.1, 0.15) is 11.1 Å². The van der Waals surface area contributed by atoms with Gasteiger partial charge in [0.1, 0.15) is 12.4 Å². The van der Waals surface area contributed by atoms with Crippen molar-refractivity contribution in [2.24, 2.45) is 4.99 Å². The molecule has 1 aliphatic rings. The van der Waals surface area contributed by atoms with Crippen LogP contribution in [-0.4, -0.2) is 57.4 Å². The summed E-state index contributed by atoms with van der Waals surface area (Å²) >= 11 is 5.94. The average Bonchev–Trinajstić information content (AvgIpc) is 2.77. The maximum atomic E-state index is 6.05. The van der Waals surface area contributed by atoms with Crippen LogP contribution in [0.15, 0.2) is 53.5 Å². The molecule has 0 spiro atoms. The molecule has 0 unspecified atom stereocenters. The summed E-state index contributed by atoms with van der Waals surface area (Å²) < 4.78 is 11.4. The lowest BCUT2D eigenvalue weighted by Crippen LogP contribution is -2.38. The van der Waals surface area contributed by atoms with E-state index in [0.717, 1.165) is 60.7 Å². The molecule has 0 saturated carbocycles. The van der Waals surface area contributed by atoms with E-state index < -0.39 is 0 Å². The first-order valence-corrected chi connectivity index (χ1v) is 10.3. The van der Waals surface area contributed by atoms with Gasteiger partial charge in [0.25, 0.3) is 0 Å². The van der Waals surface area contributed by atoms with Gasteiger partial charge in [-0.15, -0.1) is 24.0 Å². The van der Waals surface area contributed by atoms with E-state index >= 15 is 0 Å². The first-order chi connectivity index (χ1) is 14.2. The minimum Gasteiger partial charge on any atom is -0.492 e. The normalized spacial score (nSPS) is 14.7. The van der Waals surface area contributed by atoms with E-state index in [4.69, 9.17) is 21.1 Å². The van der Waals surface area contributed by atoms with Crippen LogP contribution in [-0.2, 0) is 17.8 Å². The smallest absolute Gasteiger partial charge is 0.191 e. The molecule has 0 amide bonds. The van der Waals surface area contributed by atoms with Gasteiger partial charge in [0.05, 0.1) is 13.2 Å². The molecule has 6 nitrogen and oxygen atoms in total. The van der Waals surface area contributed by atoms with E-state index in [2.05, 4.69) is 26.6 Å². The lowest BCUT2D eigenvalue weighted by atomic mass is 10.2. The summed E-state index contributed by atoms with van der Waals surface area (Å²) in [7, 11) is 1.77. The lowest BCUT2D eigenvalue weighted by molar-refractivity contribution is 0.0322. The molecule has 8 heteroatoms. The van der Waals surface area contributed by atoms with Gasteiger partial charge in [0.2, 0.25) is 0 Å². The minimum atomic E-state index is 0. The predicted octanol–water partition coefficient (Wildman–Crippen LogP) is 3.53. The number of hydrogen-bond acceptors (Lipinski definition) is 4. The number of nitrogens with one attached hydrogen (secondary N) is 2. The van der Waals surface area contributed by atoms with Crippen molar-refractivity contribution in [2.45, 2.75) is 13.1 Å². The molecule has 0 bridgehead atoms. The van der Waals surface area contributed by atoms with Gasteiger partial charge in [-0.1, -0.05) is 41.9 Å². The third kappa shape index (κ3) is 8.29. The summed E-state index contributed by atoms with van der Waals surface area (Å²) in [4.78, 5) is 6.67. The Morgan fingerprint density at radius 1 is 1.07 bits per heavy atom. The summed E-state index contributed by atoms with van der Waals surface area (Å²) in [6.45, 7) is 6.45. The number of halogens is 2. The summed E-state index contributed by atoms with van der Waals surface area (Å²) in [5.74, 6) is 1.64. The van der Waals surface area contributed by atoms with Gasteiger partial charge >= 0.3 is 0 Å². The van der Waals surface area contributed by atoms with Gasteiger partial charge in [-0.25, -0.2) is 0 Å². The van der Waals surface area contributed by atoms with Crippen molar-refractivity contribution in [3.8, 4) is 5.75 Å². The van der Waals surface area contributed by atoms with E-state index in [9.17, 15) is 0 Å². The molecule has 0 atom stereocenters. The number of hydrogen-bond donors (Lipinski definition) is 2. The van der Waals surface area contributed by atoms with Gasteiger partial charge in [-0.2, -0.15) is 0 Å². The van der Waals surface area contributed by atoms with Gasteiger partial charge in [0, 0.05) is 50.4 Å². The number of para-hydroxylation sites is 1. The SMILES string of the molecule is CN=C(NCc1ccc(Cl)cc1)NCc1ccccc1OCCN1CCOCC1.I. The summed E-state index contributed by atoms with van der Waals surface area (Å²) in [5.41, 5.74) is 2.24. The van der Waals surface area contributed by atoms with Crippen LogP contribution in [0.5, 0.6) is 5.75 Å². The fraction of sp³-hybridized carbons (Fsp3) is 0.409. The highest BCUT2D eigenvalue weighted by molar-refractivity contribution is 14.0. The van der Waals surface area contributed by atoms with Crippen molar-refractivity contribution in [2.75, 3.05) is 46.5 Å². The van der Waals surface area contributed by atoms with E-state index in [1.807, 2.05) is 42.5 Å². The van der Waals surface area contributed by atoms with Gasteiger partial charge in [0.15, 0.2) is 5.96 Å². The maximum Gasteiger partial charge on any atom is 0.191 e. The highest BCUT2D eigenvalue weighted by Gasteiger charge is 2.10. The Morgan fingerprint density at radius 2 is 1.77 bits per heavy atom. The molecular weight excluding hydrogens is 515 g/mol. The van der Waals surface area contributed by atoms with Crippen molar-refractivity contribution in [1.82, 2.24) is 15.5 Å². The molecule has 2 N–H and O–H groups in total. The number of rotatable bonds is 8. The molecule has 1 heterocycles. The second-order valence-electron chi connectivity index (χ2n) is 6.82. The van der Waals surface area contributed by atoms with Gasteiger partial charge < -0.3 is 20.1 Å². The summed E-state index contributed by atoms with van der Waals surface area (Å²) in [6.07, 6.45) is 0. The van der Waals surface area contributed by atoms with Crippen molar-refractivity contribution >= 4 is 41.5 Å². The minimum absolute atomic E-state index is 0. The zero-order chi connectivity index (χ0) is 20.3. The number of nitrogens with zero attached hydrogens (tertiary/aromatic N) is 2. The number of ether oxygens (including phenoxy) is 2. The summed E-state index contributed by atoms with van der Waals surface area (Å²) in [6, 6.07) is 15.9. The van der Waals surface area contributed by atoms with Crippen molar-refractivity contribution < 1.29 is 9.47 Å². The number of morpholine rings is 1. The van der Waals surface area contributed by atoms with Crippen LogP contribution in [0, 0.1) is 0 Å². The van der Waals surface area contributed by atoms with E-state index in [-0.39, 0.29) is 24.0 Å².